The van der Waals surface area contributed by atoms with Gasteiger partial charge >= 0.3 is 11.9 Å². The molecule has 0 bridgehead atoms. The van der Waals surface area contributed by atoms with Crippen molar-refractivity contribution in [1.29, 1.82) is 0 Å². The number of carbonyl (C=O) groups is 2. The van der Waals surface area contributed by atoms with Crippen molar-refractivity contribution in [3.63, 3.8) is 0 Å². The quantitative estimate of drug-likeness (QED) is 0.0346. The van der Waals surface area contributed by atoms with Gasteiger partial charge in [0.05, 0.1) is 6.61 Å². The second-order valence-electron chi connectivity index (χ2n) is 18.1. The smallest absolute Gasteiger partial charge is 0.306 e. The minimum atomic E-state index is -0.589. The molecule has 0 fully saturated rings. The summed E-state index contributed by atoms with van der Waals surface area (Å²) in [6, 6.07) is 0. The van der Waals surface area contributed by atoms with E-state index < -0.39 is 6.10 Å². The molecule has 5 heteroatoms. The Hall–Kier alpha value is -3.18. The molecule has 0 saturated heterocycles. The molecule has 0 heterocycles. The van der Waals surface area contributed by atoms with Gasteiger partial charge < -0.3 is 14.2 Å². The lowest BCUT2D eigenvalue weighted by atomic mass is 10.0. The van der Waals surface area contributed by atoms with E-state index in [1.54, 1.807) is 0 Å². The highest BCUT2D eigenvalue weighted by molar-refractivity contribution is 5.70. The van der Waals surface area contributed by atoms with Crippen molar-refractivity contribution in [2.75, 3.05) is 19.8 Å². The molecule has 0 saturated carbocycles. The lowest BCUT2D eigenvalue weighted by Crippen LogP contribution is -2.30. The van der Waals surface area contributed by atoms with E-state index >= 15 is 0 Å². The minimum Gasteiger partial charge on any atom is -0.462 e. The largest absolute Gasteiger partial charge is 0.462 e. The van der Waals surface area contributed by atoms with Crippen molar-refractivity contribution >= 4 is 11.9 Å². The minimum absolute atomic E-state index is 0.0281. The standard InChI is InChI=1S/C61H104O5/c1-4-7-10-13-16-19-22-25-28-30-31-32-34-36-39-42-45-48-51-54-60(62)65-58-59(57-64-56-53-50-47-44-41-38-35-29-26-23-20-17-14-11-8-5-2)66-61(63)55-52-49-46-43-40-37-33-27-24-21-18-15-12-9-6-3/h16,18-19,21,25,27-28,31-33,36,39-40,43,45,48,59H,4-15,17,20,22-24,26,29-30,34-35,37-38,41-42,44,46-47,49-58H2,1-3H3/b19-16-,21-18-,28-25-,32-31-,33-27-,39-36-,43-40-,48-45-/t59-/m1/s1. The van der Waals surface area contributed by atoms with Gasteiger partial charge in [0.25, 0.3) is 0 Å². The first-order valence-corrected chi connectivity index (χ1v) is 27.8. The summed E-state index contributed by atoms with van der Waals surface area (Å²) in [4.78, 5) is 25.4. The fourth-order valence-corrected chi connectivity index (χ4v) is 7.44. The van der Waals surface area contributed by atoms with Crippen LogP contribution in [0.15, 0.2) is 97.2 Å². The summed E-state index contributed by atoms with van der Waals surface area (Å²) < 4.78 is 17.3. The molecule has 0 radical (unpaired) electrons. The molecule has 0 aliphatic rings. The molecule has 0 unspecified atom stereocenters. The highest BCUT2D eigenvalue weighted by Crippen LogP contribution is 2.14. The molecule has 0 aromatic heterocycles. The number of allylic oxidation sites excluding steroid dienone is 16. The van der Waals surface area contributed by atoms with Crippen molar-refractivity contribution in [2.24, 2.45) is 0 Å². The molecule has 66 heavy (non-hydrogen) atoms. The first-order valence-electron chi connectivity index (χ1n) is 27.8. The highest BCUT2D eigenvalue weighted by Gasteiger charge is 2.17. The average Bonchev–Trinajstić information content (AvgIpc) is 3.32. The van der Waals surface area contributed by atoms with Gasteiger partial charge in [-0.2, -0.15) is 0 Å². The van der Waals surface area contributed by atoms with Crippen LogP contribution in [0.5, 0.6) is 0 Å². The Balaban J connectivity index is 4.44. The molecule has 0 aliphatic heterocycles. The summed E-state index contributed by atoms with van der Waals surface area (Å²) in [7, 11) is 0. The lowest BCUT2D eigenvalue weighted by molar-refractivity contribution is -0.162. The second-order valence-corrected chi connectivity index (χ2v) is 18.1. The molecule has 1 atom stereocenters. The van der Waals surface area contributed by atoms with E-state index in [1.807, 2.05) is 6.08 Å². The molecular weight excluding hydrogens is 813 g/mol. The van der Waals surface area contributed by atoms with Gasteiger partial charge in [-0.15, -0.1) is 0 Å². The van der Waals surface area contributed by atoms with Gasteiger partial charge in [-0.05, 0) is 96.3 Å². The average molecular weight is 917 g/mol. The Morgan fingerprint density at radius 3 is 1.08 bits per heavy atom. The van der Waals surface area contributed by atoms with Crippen LogP contribution in [0.3, 0.4) is 0 Å². The van der Waals surface area contributed by atoms with Crippen LogP contribution in [-0.2, 0) is 23.8 Å². The van der Waals surface area contributed by atoms with Crippen molar-refractivity contribution in [3.8, 4) is 0 Å². The number of carbonyl (C=O) groups excluding carboxylic acids is 2. The number of ether oxygens (including phenoxy) is 3. The molecule has 0 aromatic rings. The summed E-state index contributed by atoms with van der Waals surface area (Å²) in [6.45, 7) is 7.67. The Kier molecular flexibility index (Phi) is 53.4. The zero-order valence-electron chi connectivity index (χ0n) is 43.4. The Morgan fingerprint density at radius 1 is 0.333 bits per heavy atom. The molecule has 0 N–H and O–H groups in total. The second kappa shape index (κ2) is 56.1. The maximum atomic E-state index is 12.8. The van der Waals surface area contributed by atoms with Gasteiger partial charge in [0.15, 0.2) is 6.10 Å². The van der Waals surface area contributed by atoms with Crippen LogP contribution in [0.2, 0.25) is 0 Å². The van der Waals surface area contributed by atoms with Gasteiger partial charge in [-0.3, -0.25) is 9.59 Å². The molecular formula is C61H104O5. The summed E-state index contributed by atoms with van der Waals surface area (Å²) >= 11 is 0. The van der Waals surface area contributed by atoms with E-state index in [-0.39, 0.29) is 25.2 Å². The summed E-state index contributed by atoms with van der Waals surface area (Å²) in [5.74, 6) is -0.534. The highest BCUT2D eigenvalue weighted by atomic mass is 16.6. The number of hydrogen-bond acceptors (Lipinski definition) is 5. The van der Waals surface area contributed by atoms with Crippen molar-refractivity contribution in [3.05, 3.63) is 97.2 Å². The summed E-state index contributed by atoms with van der Waals surface area (Å²) in [5, 5.41) is 0. The lowest BCUT2D eigenvalue weighted by Gasteiger charge is -2.18. The molecule has 5 nitrogen and oxygen atoms in total. The van der Waals surface area contributed by atoms with Crippen LogP contribution in [0.4, 0.5) is 0 Å². The molecule has 0 amide bonds. The predicted molar refractivity (Wildman–Crippen MR) is 288 cm³/mol. The number of esters is 2. The third-order valence-electron chi connectivity index (χ3n) is 11.6. The maximum Gasteiger partial charge on any atom is 0.306 e. The van der Waals surface area contributed by atoms with Crippen molar-refractivity contribution in [1.82, 2.24) is 0 Å². The summed E-state index contributed by atoms with van der Waals surface area (Å²) in [5.41, 5.74) is 0. The number of rotatable bonds is 50. The van der Waals surface area contributed by atoms with Gasteiger partial charge in [-0.1, -0.05) is 240 Å². The monoisotopic (exact) mass is 917 g/mol. The first-order chi connectivity index (χ1) is 32.6. The van der Waals surface area contributed by atoms with Gasteiger partial charge in [-0.25, -0.2) is 0 Å². The molecule has 0 aliphatic carbocycles. The van der Waals surface area contributed by atoms with E-state index in [0.717, 1.165) is 70.6 Å². The number of unbranched alkanes of at least 4 members (excludes halogenated alkanes) is 23. The van der Waals surface area contributed by atoms with E-state index in [9.17, 15) is 9.59 Å². The van der Waals surface area contributed by atoms with E-state index in [2.05, 4.69) is 112 Å². The summed E-state index contributed by atoms with van der Waals surface area (Å²) in [6.07, 6.45) is 75.8. The van der Waals surface area contributed by atoms with Crippen LogP contribution < -0.4 is 0 Å². The van der Waals surface area contributed by atoms with Gasteiger partial charge in [0, 0.05) is 19.4 Å². The zero-order valence-corrected chi connectivity index (χ0v) is 43.4. The fourth-order valence-electron chi connectivity index (χ4n) is 7.44. The molecule has 0 rings (SSSR count). The van der Waals surface area contributed by atoms with Crippen molar-refractivity contribution < 1.29 is 23.8 Å². The third kappa shape index (κ3) is 53.4. The van der Waals surface area contributed by atoms with E-state index in [0.29, 0.717) is 25.9 Å². The Labute approximate surface area is 409 Å². The van der Waals surface area contributed by atoms with Crippen LogP contribution >= 0.6 is 0 Å². The van der Waals surface area contributed by atoms with E-state index in [4.69, 9.17) is 14.2 Å². The zero-order chi connectivity index (χ0) is 47.7. The van der Waals surface area contributed by atoms with Crippen molar-refractivity contribution in [2.45, 2.75) is 258 Å². The van der Waals surface area contributed by atoms with Crippen LogP contribution in [0, 0.1) is 0 Å². The SMILES string of the molecule is CCCCC/C=C\C/C=C\C/C=C\C/C=C\C/C=C\CCC(=O)OC[C@@H](COCCCCCCCCCCCCCCCCCC)OC(=O)CCCC/C=C\C/C=C\C/C=C\CCCCC. The molecule has 378 valence electrons. The van der Waals surface area contributed by atoms with Gasteiger partial charge in [0.1, 0.15) is 6.61 Å². The van der Waals surface area contributed by atoms with E-state index in [1.165, 1.54) is 141 Å². The van der Waals surface area contributed by atoms with Crippen LogP contribution in [-0.4, -0.2) is 37.9 Å². The Bertz CT molecular complexity index is 1270. The van der Waals surface area contributed by atoms with Crippen LogP contribution in [0.1, 0.15) is 252 Å². The topological polar surface area (TPSA) is 61.8 Å². The Morgan fingerprint density at radius 2 is 0.667 bits per heavy atom. The number of hydrogen-bond donors (Lipinski definition) is 0. The fraction of sp³-hybridized carbons (Fsp3) is 0.705. The normalized spacial score (nSPS) is 13.0. The van der Waals surface area contributed by atoms with Gasteiger partial charge in [0.2, 0.25) is 0 Å². The first kappa shape index (κ1) is 62.8. The maximum absolute atomic E-state index is 12.8. The third-order valence-corrected chi connectivity index (χ3v) is 11.6. The molecule has 0 aromatic carbocycles. The van der Waals surface area contributed by atoms with Crippen LogP contribution in [0.25, 0.3) is 0 Å². The predicted octanol–water partition coefficient (Wildman–Crippen LogP) is 19.0. The molecule has 0 spiro atoms.